The van der Waals surface area contributed by atoms with Gasteiger partial charge in [0.2, 0.25) is 0 Å². The number of fused-ring (bicyclic) bond motifs is 2. The van der Waals surface area contributed by atoms with Gasteiger partial charge >= 0.3 is 0 Å². The highest BCUT2D eigenvalue weighted by atomic mass is 35.5. The van der Waals surface area contributed by atoms with Gasteiger partial charge in [0.25, 0.3) is 0 Å². The van der Waals surface area contributed by atoms with Gasteiger partial charge < -0.3 is 16.0 Å². The number of aromatic nitrogens is 1. The lowest BCUT2D eigenvalue weighted by Gasteiger charge is -2.17. The number of hydrogen-bond acceptors (Lipinski definition) is 5. The van der Waals surface area contributed by atoms with Crippen LogP contribution in [0.1, 0.15) is 44.2 Å². The van der Waals surface area contributed by atoms with Crippen molar-refractivity contribution < 1.29 is 4.79 Å². The highest BCUT2D eigenvalue weighted by molar-refractivity contribution is 6.49. The van der Waals surface area contributed by atoms with Crippen LogP contribution >= 0.6 is 69.6 Å². The third kappa shape index (κ3) is 5.28. The van der Waals surface area contributed by atoms with E-state index >= 15 is 0 Å². The van der Waals surface area contributed by atoms with E-state index in [1.807, 2.05) is 56.3 Å². The van der Waals surface area contributed by atoms with E-state index in [0.717, 1.165) is 27.9 Å². The Kier molecular flexibility index (Phi) is 9.53. The monoisotopic (exact) mass is 678 g/mol. The molecule has 1 unspecified atom stereocenters. The lowest BCUT2D eigenvalue weighted by molar-refractivity contribution is 0.112. The summed E-state index contributed by atoms with van der Waals surface area (Å²) in [5, 5.41) is 11.5. The summed E-state index contributed by atoms with van der Waals surface area (Å²) >= 11 is 36.8. The Morgan fingerprint density at radius 3 is 2.17 bits per heavy atom. The van der Waals surface area contributed by atoms with Gasteiger partial charge in [-0.05, 0) is 30.2 Å². The van der Waals surface area contributed by atoms with Crippen molar-refractivity contribution in [3.05, 3.63) is 107 Å². The van der Waals surface area contributed by atoms with Crippen LogP contribution in [0.15, 0.2) is 43.5 Å². The molecule has 0 amide bonds. The summed E-state index contributed by atoms with van der Waals surface area (Å²) in [6.45, 7) is 9.57. The Hall–Kier alpha value is -2.77. The first kappa shape index (κ1) is 32.2. The van der Waals surface area contributed by atoms with Crippen molar-refractivity contribution in [1.82, 2.24) is 4.98 Å². The van der Waals surface area contributed by atoms with E-state index in [-0.39, 0.29) is 26.3 Å². The number of rotatable bonds is 4. The first-order valence-corrected chi connectivity index (χ1v) is 14.6. The maximum atomic E-state index is 10.7. The molecule has 0 fully saturated rings. The average molecular weight is 681 g/mol. The number of hydrogen-bond donors (Lipinski definition) is 2. The number of anilines is 2. The molecule has 0 saturated heterocycles. The summed E-state index contributed by atoms with van der Waals surface area (Å²) in [5.74, 6) is -0.414. The van der Waals surface area contributed by atoms with Crippen LogP contribution in [0.4, 0.5) is 11.4 Å². The molecule has 3 N–H and O–H groups in total. The van der Waals surface area contributed by atoms with Crippen LogP contribution in [0.3, 0.4) is 0 Å². The van der Waals surface area contributed by atoms with Gasteiger partial charge in [0.05, 0.1) is 64.4 Å². The van der Waals surface area contributed by atoms with Crippen molar-refractivity contribution in [2.24, 2.45) is 0 Å². The summed E-state index contributed by atoms with van der Waals surface area (Å²) in [5.41, 5.74) is 11.9. The smallest absolute Gasteiger partial charge is 0.152 e. The molecule has 5 nitrogen and oxygen atoms in total. The molecule has 1 aromatic heterocycles. The molecule has 1 heterocycles. The molecule has 0 saturated carbocycles. The van der Waals surface area contributed by atoms with Crippen molar-refractivity contribution in [2.45, 2.75) is 12.8 Å². The van der Waals surface area contributed by atoms with Crippen LogP contribution in [0.25, 0.3) is 22.6 Å². The second-order valence-corrected chi connectivity index (χ2v) is 11.9. The fourth-order valence-electron chi connectivity index (χ4n) is 4.82. The van der Waals surface area contributed by atoms with E-state index in [9.17, 15) is 4.79 Å². The highest BCUT2D eigenvalue weighted by Gasteiger charge is 2.38. The minimum Gasteiger partial charge on any atom is -0.396 e. The Balaban J connectivity index is 0.000000244. The predicted octanol–water partition coefficient (Wildman–Crippen LogP) is 10.4. The zero-order valence-electron chi connectivity index (χ0n) is 22.7. The molecule has 3 aromatic carbocycles. The first-order chi connectivity index (χ1) is 19.8. The molecule has 1 atom stereocenters. The van der Waals surface area contributed by atoms with Gasteiger partial charge in [-0.25, -0.2) is 4.98 Å². The Morgan fingerprint density at radius 1 is 0.905 bits per heavy atom. The van der Waals surface area contributed by atoms with Crippen LogP contribution in [-0.2, 0) is 0 Å². The normalized spacial score (nSPS) is 14.0. The van der Waals surface area contributed by atoms with Gasteiger partial charge in [-0.15, -0.1) is 0 Å². The highest BCUT2D eigenvalue weighted by Crippen LogP contribution is 2.51. The second-order valence-electron chi connectivity index (χ2n) is 9.67. The van der Waals surface area contributed by atoms with E-state index in [0.29, 0.717) is 49.3 Å². The number of para-hydroxylation sites is 1. The largest absolute Gasteiger partial charge is 0.396 e. The number of pyridine rings is 1. The SMILES string of the molecule is C=C1c2c(Cl)c(C)c(Cl)c(Cl)c2C(=N)C1c1ccc2cccc(N(C)C)c2n1.C=Cc1c(Cl)c(Cl)c(N)c(Cl)c1C=O. The topological polar surface area (TPSA) is 83.1 Å². The number of nitrogens with two attached hydrogens (primary N) is 1. The van der Waals surface area contributed by atoms with Crippen LogP contribution in [0.5, 0.6) is 0 Å². The molecular weight excluding hydrogens is 657 g/mol. The fourth-order valence-corrected chi connectivity index (χ4v) is 6.47. The van der Waals surface area contributed by atoms with Gasteiger partial charge in [-0.1, -0.05) is 107 Å². The van der Waals surface area contributed by atoms with Gasteiger partial charge in [-0.2, -0.15) is 0 Å². The average Bonchev–Trinajstić information content (AvgIpc) is 3.24. The predicted molar refractivity (Wildman–Crippen MR) is 182 cm³/mol. The fraction of sp³-hybridized carbons (Fsp3) is 0.129. The molecule has 1 aliphatic rings. The Morgan fingerprint density at radius 2 is 1.57 bits per heavy atom. The maximum absolute atomic E-state index is 10.7. The van der Waals surface area contributed by atoms with Crippen molar-refractivity contribution in [2.75, 3.05) is 24.7 Å². The molecule has 0 radical (unpaired) electrons. The van der Waals surface area contributed by atoms with E-state index < -0.39 is 5.92 Å². The summed E-state index contributed by atoms with van der Waals surface area (Å²) < 4.78 is 0. The van der Waals surface area contributed by atoms with Crippen LogP contribution in [-0.4, -0.2) is 31.1 Å². The second kappa shape index (κ2) is 12.5. The van der Waals surface area contributed by atoms with Crippen molar-refractivity contribution in [3.8, 4) is 0 Å². The number of aldehydes is 1. The Labute approximate surface area is 273 Å². The van der Waals surface area contributed by atoms with Gasteiger partial charge in [-0.3, -0.25) is 4.79 Å². The van der Waals surface area contributed by atoms with E-state index in [4.69, 9.17) is 85.7 Å². The van der Waals surface area contributed by atoms with E-state index in [2.05, 4.69) is 13.2 Å². The zero-order valence-corrected chi connectivity index (χ0v) is 27.2. The first-order valence-electron chi connectivity index (χ1n) is 12.3. The molecule has 0 aliphatic heterocycles. The van der Waals surface area contributed by atoms with Gasteiger partial charge in [0, 0.05) is 41.7 Å². The number of nitrogen functional groups attached to an aromatic ring is 1. The molecular formula is C31H24Cl6N4O. The number of carbonyl (C=O) groups is 1. The minimum atomic E-state index is -0.414. The quantitative estimate of drug-likeness (QED) is 0.128. The summed E-state index contributed by atoms with van der Waals surface area (Å²) in [7, 11) is 3.97. The third-order valence-corrected chi connectivity index (χ3v) is 9.73. The zero-order chi connectivity index (χ0) is 31.2. The number of allylic oxidation sites excluding steroid dienone is 1. The van der Waals surface area contributed by atoms with Crippen LogP contribution in [0, 0.1) is 12.3 Å². The van der Waals surface area contributed by atoms with Gasteiger partial charge in [0.1, 0.15) is 0 Å². The number of nitrogens with one attached hydrogen (secondary N) is 1. The van der Waals surface area contributed by atoms with Crippen molar-refractivity contribution in [1.29, 1.82) is 5.41 Å². The number of benzene rings is 3. The van der Waals surface area contributed by atoms with Crippen LogP contribution < -0.4 is 10.6 Å². The molecule has 11 heteroatoms. The van der Waals surface area contributed by atoms with Crippen molar-refractivity contribution >= 4 is 116 Å². The lowest BCUT2D eigenvalue weighted by Crippen LogP contribution is -2.12. The Bertz CT molecular complexity index is 1750. The molecule has 4 aromatic rings. The summed E-state index contributed by atoms with van der Waals surface area (Å²) in [4.78, 5) is 17.7. The number of nitrogens with zero attached hydrogens (tertiary/aromatic N) is 2. The lowest BCUT2D eigenvalue weighted by atomic mass is 9.95. The molecule has 0 spiro atoms. The van der Waals surface area contributed by atoms with E-state index in [1.165, 1.54) is 6.08 Å². The molecule has 1 aliphatic carbocycles. The maximum Gasteiger partial charge on any atom is 0.152 e. The summed E-state index contributed by atoms with van der Waals surface area (Å²) in [6, 6.07) is 10.0. The molecule has 5 rings (SSSR count). The third-order valence-electron chi connectivity index (χ3n) is 7.02. The standard InChI is InChI=1S/C22H18Cl3N3.C9H6Cl3NO/c1-10-15(21(26)17-16(10)18(23)11(2)19(24)20(17)25)13-9-8-12-6-5-7-14(28(3)4)22(12)27-13;1-2-4-5(3-14)7(11)9(13)8(12)6(4)10/h5-9,15,26H,1H2,2-4H3;2-3H,1,13H2. The van der Waals surface area contributed by atoms with Crippen molar-refractivity contribution in [3.63, 3.8) is 0 Å². The summed E-state index contributed by atoms with van der Waals surface area (Å²) in [6.07, 6.45) is 1.97. The molecule has 216 valence electrons. The number of halogens is 6. The van der Waals surface area contributed by atoms with E-state index in [1.54, 1.807) is 0 Å². The molecule has 42 heavy (non-hydrogen) atoms. The van der Waals surface area contributed by atoms with Gasteiger partial charge in [0.15, 0.2) is 6.29 Å². The number of carbonyl (C=O) groups excluding carboxylic acids is 1. The molecule has 0 bridgehead atoms. The van der Waals surface area contributed by atoms with Crippen LogP contribution in [0.2, 0.25) is 30.1 Å². The minimum absolute atomic E-state index is 0.101.